The first-order valence-electron chi connectivity index (χ1n) is 2.67. The van der Waals surface area contributed by atoms with E-state index in [-0.39, 0.29) is 0 Å². The second-order valence-electron chi connectivity index (χ2n) is 1.88. The van der Waals surface area contributed by atoms with Gasteiger partial charge < -0.3 is 9.79 Å². The van der Waals surface area contributed by atoms with E-state index in [9.17, 15) is 0 Å². The van der Waals surface area contributed by atoms with Crippen LogP contribution < -0.4 is 0 Å². The molecule has 3 heteroatoms. The molecule has 2 N–H and O–H groups in total. The van der Waals surface area contributed by atoms with Gasteiger partial charge in [-0.1, -0.05) is 6.08 Å². The molecule has 0 saturated heterocycles. The van der Waals surface area contributed by atoms with Crippen LogP contribution in [0.5, 0.6) is 0 Å². The van der Waals surface area contributed by atoms with Crippen LogP contribution in [0.4, 0.5) is 0 Å². The number of rotatable bonds is 1. The summed E-state index contributed by atoms with van der Waals surface area (Å²) < 4.78 is 0. The quantitative estimate of drug-likeness (QED) is 0.528. The van der Waals surface area contributed by atoms with Crippen LogP contribution in [0.15, 0.2) is 11.4 Å². The molecule has 0 heterocycles. The van der Waals surface area contributed by atoms with Crippen LogP contribution in [-0.4, -0.2) is 9.79 Å². The first-order valence-corrected chi connectivity index (χ1v) is 3.92. The van der Waals surface area contributed by atoms with E-state index in [0.29, 0.717) is 0 Å². The van der Waals surface area contributed by atoms with Crippen molar-refractivity contribution in [1.29, 1.82) is 0 Å². The maximum Gasteiger partial charge on any atom is 0.194 e. The molecule has 0 unspecified atom stereocenters. The molecule has 0 amide bonds. The minimum atomic E-state index is -1.74. The van der Waals surface area contributed by atoms with Crippen LogP contribution >= 0.6 is 8.38 Å². The zero-order valence-corrected chi connectivity index (χ0v) is 5.43. The molecule has 8 heavy (non-hydrogen) atoms. The van der Waals surface area contributed by atoms with Gasteiger partial charge in [0.05, 0.1) is 0 Å². The average molecular weight is 132 g/mol. The van der Waals surface area contributed by atoms with E-state index in [1.165, 1.54) is 0 Å². The van der Waals surface area contributed by atoms with Gasteiger partial charge in [-0.3, -0.25) is 0 Å². The Morgan fingerprint density at radius 2 is 2.25 bits per heavy atom. The standard InChI is InChI=1S/C5H9O2P/c6-8(7)5-3-1-2-4-5/h3,6-7H,1-2,4H2. The fourth-order valence-corrected chi connectivity index (χ4v) is 1.49. The Bertz CT molecular complexity index is 109. The molecule has 0 spiro atoms. The highest BCUT2D eigenvalue weighted by atomic mass is 31.2. The number of hydrogen-bond acceptors (Lipinski definition) is 2. The van der Waals surface area contributed by atoms with Crippen molar-refractivity contribution in [1.82, 2.24) is 0 Å². The predicted molar refractivity (Wildman–Crippen MR) is 33.3 cm³/mol. The Hall–Kier alpha value is 0.0900. The molecule has 0 aliphatic heterocycles. The first kappa shape index (κ1) is 6.21. The molecule has 0 fully saturated rings. The van der Waals surface area contributed by atoms with Crippen molar-refractivity contribution in [2.45, 2.75) is 19.3 Å². The highest BCUT2D eigenvalue weighted by Gasteiger charge is 2.10. The van der Waals surface area contributed by atoms with Gasteiger partial charge in [-0.2, -0.15) is 0 Å². The first-order chi connectivity index (χ1) is 3.80. The molecular weight excluding hydrogens is 123 g/mol. The Morgan fingerprint density at radius 3 is 2.50 bits per heavy atom. The summed E-state index contributed by atoms with van der Waals surface area (Å²) in [5.74, 6) is 0. The monoisotopic (exact) mass is 132 g/mol. The third-order valence-corrected chi connectivity index (χ3v) is 2.19. The van der Waals surface area contributed by atoms with Crippen LogP contribution in [0.3, 0.4) is 0 Å². The van der Waals surface area contributed by atoms with E-state index in [0.717, 1.165) is 24.6 Å². The Labute approximate surface area is 49.8 Å². The van der Waals surface area contributed by atoms with Crippen LogP contribution in [0, 0.1) is 0 Å². The van der Waals surface area contributed by atoms with E-state index in [2.05, 4.69) is 0 Å². The summed E-state index contributed by atoms with van der Waals surface area (Å²) in [6, 6.07) is 0. The van der Waals surface area contributed by atoms with Crippen molar-refractivity contribution in [3.63, 3.8) is 0 Å². The third-order valence-electron chi connectivity index (χ3n) is 1.27. The van der Waals surface area contributed by atoms with E-state index >= 15 is 0 Å². The predicted octanol–water partition coefficient (Wildman–Crippen LogP) is 1.35. The van der Waals surface area contributed by atoms with Crippen molar-refractivity contribution in [3.05, 3.63) is 11.4 Å². The van der Waals surface area contributed by atoms with Gasteiger partial charge in [0.15, 0.2) is 8.38 Å². The van der Waals surface area contributed by atoms with Gasteiger partial charge in [0, 0.05) is 5.31 Å². The lowest BCUT2D eigenvalue weighted by atomic mass is 10.4. The van der Waals surface area contributed by atoms with E-state index in [4.69, 9.17) is 9.79 Å². The van der Waals surface area contributed by atoms with Crippen LogP contribution in [0.1, 0.15) is 19.3 Å². The van der Waals surface area contributed by atoms with Gasteiger partial charge in [-0.05, 0) is 19.3 Å². The molecule has 0 bridgehead atoms. The summed E-state index contributed by atoms with van der Waals surface area (Å²) in [7, 11) is -1.74. The van der Waals surface area contributed by atoms with E-state index in [1.54, 1.807) is 0 Å². The lowest BCUT2D eigenvalue weighted by Gasteiger charge is -1.99. The number of hydrogen-bond donors (Lipinski definition) is 2. The zero-order chi connectivity index (χ0) is 5.98. The summed E-state index contributed by atoms with van der Waals surface area (Å²) in [5, 5.41) is 0.847. The molecule has 2 nitrogen and oxygen atoms in total. The molecule has 1 rings (SSSR count). The zero-order valence-electron chi connectivity index (χ0n) is 4.54. The molecule has 46 valence electrons. The van der Waals surface area contributed by atoms with Gasteiger partial charge in [0.25, 0.3) is 0 Å². The van der Waals surface area contributed by atoms with Gasteiger partial charge >= 0.3 is 0 Å². The maximum absolute atomic E-state index is 8.60. The van der Waals surface area contributed by atoms with E-state index in [1.807, 2.05) is 6.08 Å². The van der Waals surface area contributed by atoms with Crippen molar-refractivity contribution < 1.29 is 9.79 Å². The molecule has 0 radical (unpaired) electrons. The normalized spacial score (nSPS) is 19.6. The molecule has 0 saturated carbocycles. The Morgan fingerprint density at radius 1 is 1.50 bits per heavy atom. The minimum Gasteiger partial charge on any atom is -0.347 e. The third kappa shape index (κ3) is 1.28. The van der Waals surface area contributed by atoms with Crippen molar-refractivity contribution >= 4 is 8.38 Å². The molecule has 1 aliphatic rings. The fraction of sp³-hybridized carbons (Fsp3) is 0.600. The second-order valence-corrected chi connectivity index (χ2v) is 3.03. The molecule has 0 aromatic rings. The van der Waals surface area contributed by atoms with Crippen LogP contribution in [0.2, 0.25) is 0 Å². The Balaban J connectivity index is 2.45. The van der Waals surface area contributed by atoms with Gasteiger partial charge in [-0.25, -0.2) is 0 Å². The summed E-state index contributed by atoms with van der Waals surface area (Å²) >= 11 is 0. The minimum absolute atomic E-state index is 0.847. The summed E-state index contributed by atoms with van der Waals surface area (Å²) in [4.78, 5) is 17.2. The average Bonchev–Trinajstić information content (AvgIpc) is 2.12. The summed E-state index contributed by atoms with van der Waals surface area (Å²) in [6.45, 7) is 0. The fourth-order valence-electron chi connectivity index (χ4n) is 0.836. The lowest BCUT2D eigenvalue weighted by molar-refractivity contribution is 0.490. The molecule has 0 aromatic carbocycles. The topological polar surface area (TPSA) is 40.5 Å². The van der Waals surface area contributed by atoms with Crippen LogP contribution in [-0.2, 0) is 0 Å². The highest BCUT2D eigenvalue weighted by Crippen LogP contribution is 2.41. The van der Waals surface area contributed by atoms with Crippen molar-refractivity contribution in [2.24, 2.45) is 0 Å². The van der Waals surface area contributed by atoms with Crippen molar-refractivity contribution in [2.75, 3.05) is 0 Å². The van der Waals surface area contributed by atoms with E-state index < -0.39 is 8.38 Å². The lowest BCUT2D eigenvalue weighted by Crippen LogP contribution is -1.72. The van der Waals surface area contributed by atoms with Crippen LogP contribution in [0.25, 0.3) is 0 Å². The molecule has 1 aliphatic carbocycles. The molecular formula is C5H9O2P. The molecule has 0 atom stereocenters. The number of allylic oxidation sites excluding steroid dienone is 2. The maximum atomic E-state index is 8.60. The Kier molecular flexibility index (Phi) is 2.01. The smallest absolute Gasteiger partial charge is 0.194 e. The van der Waals surface area contributed by atoms with Crippen molar-refractivity contribution in [3.8, 4) is 0 Å². The SMILES string of the molecule is OP(O)C1=CCCC1. The van der Waals surface area contributed by atoms with Gasteiger partial charge in [0.1, 0.15) is 0 Å². The van der Waals surface area contributed by atoms with Gasteiger partial charge in [0.2, 0.25) is 0 Å². The molecule has 0 aromatic heterocycles. The second kappa shape index (κ2) is 2.58. The largest absolute Gasteiger partial charge is 0.347 e. The summed E-state index contributed by atoms with van der Waals surface area (Å²) in [5.41, 5.74) is 0. The summed E-state index contributed by atoms with van der Waals surface area (Å²) in [6.07, 6.45) is 4.93. The van der Waals surface area contributed by atoms with Gasteiger partial charge in [-0.15, -0.1) is 0 Å². The highest BCUT2D eigenvalue weighted by molar-refractivity contribution is 7.50.